The molecule has 1 heterocycles. The summed E-state index contributed by atoms with van der Waals surface area (Å²) in [4.78, 5) is 23.1. The Balaban J connectivity index is 2.00. The van der Waals surface area contributed by atoms with Gasteiger partial charge in [0.05, 0.1) is 0 Å². The van der Waals surface area contributed by atoms with E-state index in [1.807, 2.05) is 0 Å². The number of ether oxygens (including phenoxy) is 1. The van der Waals surface area contributed by atoms with Crippen LogP contribution in [0.25, 0.3) is 0 Å². The highest BCUT2D eigenvalue weighted by molar-refractivity contribution is 5.97. The lowest BCUT2D eigenvalue weighted by atomic mass is 10.0. The van der Waals surface area contributed by atoms with Gasteiger partial charge in [0, 0.05) is 18.2 Å². The highest BCUT2D eigenvalue weighted by Gasteiger charge is 2.24. The Morgan fingerprint density at radius 3 is 2.81 bits per heavy atom. The molecule has 0 aromatic heterocycles. The number of anilines is 1. The van der Waals surface area contributed by atoms with Crippen LogP contribution in [0.1, 0.15) is 19.3 Å². The molecular weight excluding hydrogens is 289 g/mol. The molecule has 0 unspecified atom stereocenters. The van der Waals surface area contributed by atoms with Gasteiger partial charge in [-0.3, -0.25) is 9.59 Å². The van der Waals surface area contributed by atoms with Crippen LogP contribution in [0.2, 0.25) is 0 Å². The van der Waals surface area contributed by atoms with Crippen molar-refractivity contribution >= 4 is 17.5 Å². The SMILES string of the molecule is O=C1CCC[C@H](C(=O)Nc2ccc(OC(F)F)c(F)c2)N1. The number of carbonyl (C=O) groups is 2. The summed E-state index contributed by atoms with van der Waals surface area (Å²) in [6, 6.07) is 2.44. The highest BCUT2D eigenvalue weighted by atomic mass is 19.3. The van der Waals surface area contributed by atoms with E-state index < -0.39 is 30.1 Å². The molecule has 114 valence electrons. The minimum absolute atomic E-state index is 0.0962. The molecule has 1 aliphatic rings. The van der Waals surface area contributed by atoms with Gasteiger partial charge in [-0.25, -0.2) is 4.39 Å². The van der Waals surface area contributed by atoms with Crippen LogP contribution in [0.15, 0.2) is 18.2 Å². The normalized spacial score (nSPS) is 18.3. The Bertz CT molecular complexity index is 551. The van der Waals surface area contributed by atoms with Gasteiger partial charge < -0.3 is 15.4 Å². The molecule has 1 aliphatic heterocycles. The lowest BCUT2D eigenvalue weighted by Crippen LogP contribution is -2.46. The first kappa shape index (κ1) is 15.1. The van der Waals surface area contributed by atoms with Gasteiger partial charge in [0.25, 0.3) is 0 Å². The molecule has 0 spiro atoms. The zero-order valence-electron chi connectivity index (χ0n) is 10.9. The molecule has 1 aromatic rings. The number of carbonyl (C=O) groups excluding carboxylic acids is 2. The Morgan fingerprint density at radius 1 is 1.43 bits per heavy atom. The largest absolute Gasteiger partial charge is 0.432 e. The van der Waals surface area contributed by atoms with Crippen molar-refractivity contribution in [3.05, 3.63) is 24.0 Å². The molecule has 1 fully saturated rings. The highest BCUT2D eigenvalue weighted by Crippen LogP contribution is 2.23. The number of nitrogens with one attached hydrogen (secondary N) is 2. The molecule has 0 saturated carbocycles. The quantitative estimate of drug-likeness (QED) is 0.894. The Hall–Kier alpha value is -2.25. The number of hydrogen-bond donors (Lipinski definition) is 2. The Kier molecular flexibility index (Phi) is 4.66. The molecule has 8 heteroatoms. The molecule has 21 heavy (non-hydrogen) atoms. The van der Waals surface area contributed by atoms with Crippen LogP contribution >= 0.6 is 0 Å². The van der Waals surface area contributed by atoms with Gasteiger partial charge in [0.15, 0.2) is 11.6 Å². The summed E-state index contributed by atoms with van der Waals surface area (Å²) in [5, 5.41) is 4.94. The number of rotatable bonds is 4. The summed E-state index contributed by atoms with van der Waals surface area (Å²) in [6.45, 7) is -3.13. The number of hydrogen-bond acceptors (Lipinski definition) is 3. The maximum atomic E-state index is 13.5. The van der Waals surface area contributed by atoms with Crippen molar-refractivity contribution in [3.8, 4) is 5.75 Å². The molecule has 0 bridgehead atoms. The van der Waals surface area contributed by atoms with Gasteiger partial charge in [-0.15, -0.1) is 0 Å². The van der Waals surface area contributed by atoms with Crippen LogP contribution in [0.4, 0.5) is 18.9 Å². The molecular formula is C13H13F3N2O3. The third-order valence-electron chi connectivity index (χ3n) is 2.96. The van der Waals surface area contributed by atoms with Crippen LogP contribution in [0.5, 0.6) is 5.75 Å². The average Bonchev–Trinajstić information content (AvgIpc) is 2.41. The topological polar surface area (TPSA) is 67.4 Å². The van der Waals surface area contributed by atoms with E-state index in [-0.39, 0.29) is 11.6 Å². The van der Waals surface area contributed by atoms with Crippen LogP contribution < -0.4 is 15.4 Å². The number of benzene rings is 1. The molecule has 0 aliphatic carbocycles. The average molecular weight is 302 g/mol. The van der Waals surface area contributed by atoms with E-state index in [9.17, 15) is 22.8 Å². The lowest BCUT2D eigenvalue weighted by Gasteiger charge is -2.22. The molecule has 0 radical (unpaired) electrons. The zero-order valence-corrected chi connectivity index (χ0v) is 10.9. The van der Waals surface area contributed by atoms with Crippen LogP contribution in [0.3, 0.4) is 0 Å². The second-order valence-corrected chi connectivity index (χ2v) is 4.53. The first-order valence-corrected chi connectivity index (χ1v) is 6.30. The summed E-state index contributed by atoms with van der Waals surface area (Å²) in [5.74, 6) is -2.31. The summed E-state index contributed by atoms with van der Waals surface area (Å²) >= 11 is 0. The molecule has 5 nitrogen and oxygen atoms in total. The van der Waals surface area contributed by atoms with Crippen molar-refractivity contribution in [2.45, 2.75) is 31.9 Å². The molecule has 1 aromatic carbocycles. The number of alkyl halides is 2. The fraction of sp³-hybridized carbons (Fsp3) is 0.385. The van der Waals surface area contributed by atoms with Crippen molar-refractivity contribution in [2.75, 3.05) is 5.32 Å². The third kappa shape index (κ3) is 4.11. The fourth-order valence-electron chi connectivity index (χ4n) is 2.00. The standard InChI is InChI=1S/C13H13F3N2O3/c14-8-6-7(4-5-10(8)21-13(15)16)17-12(20)9-2-1-3-11(19)18-9/h4-6,9,13H,1-3H2,(H,17,20)(H,18,19)/t9-/m1/s1. The van der Waals surface area contributed by atoms with E-state index in [1.54, 1.807) is 0 Å². The monoisotopic (exact) mass is 302 g/mol. The van der Waals surface area contributed by atoms with Gasteiger partial charge in [-0.2, -0.15) is 8.78 Å². The maximum absolute atomic E-state index is 13.5. The molecule has 1 saturated heterocycles. The predicted octanol–water partition coefficient (Wildman–Crippen LogP) is 2.03. The number of amides is 2. The Morgan fingerprint density at radius 2 is 2.19 bits per heavy atom. The van der Waals surface area contributed by atoms with Crippen molar-refractivity contribution < 1.29 is 27.5 Å². The summed E-state index contributed by atoms with van der Waals surface area (Å²) in [7, 11) is 0. The second-order valence-electron chi connectivity index (χ2n) is 4.53. The molecule has 2 rings (SSSR count). The third-order valence-corrected chi connectivity index (χ3v) is 2.96. The van der Waals surface area contributed by atoms with Crippen LogP contribution in [-0.4, -0.2) is 24.5 Å². The molecule has 1 atom stereocenters. The lowest BCUT2D eigenvalue weighted by molar-refractivity contribution is -0.128. The van der Waals surface area contributed by atoms with Gasteiger partial charge in [-0.05, 0) is 25.0 Å². The maximum Gasteiger partial charge on any atom is 0.387 e. The molecule has 2 amide bonds. The number of piperidine rings is 1. The van der Waals surface area contributed by atoms with Gasteiger partial charge in [0.1, 0.15) is 6.04 Å². The first-order valence-electron chi connectivity index (χ1n) is 6.30. The Labute approximate surface area is 118 Å². The molecule has 2 N–H and O–H groups in total. The van der Waals surface area contributed by atoms with E-state index in [2.05, 4.69) is 15.4 Å². The summed E-state index contributed by atoms with van der Waals surface area (Å²) < 4.78 is 41.4. The van der Waals surface area contributed by atoms with E-state index in [0.29, 0.717) is 19.3 Å². The summed E-state index contributed by atoms with van der Waals surface area (Å²) in [5.41, 5.74) is 0.0962. The second kappa shape index (κ2) is 6.47. The van der Waals surface area contributed by atoms with Gasteiger partial charge >= 0.3 is 6.61 Å². The van der Waals surface area contributed by atoms with E-state index in [0.717, 1.165) is 12.1 Å². The first-order chi connectivity index (χ1) is 9.95. The van der Waals surface area contributed by atoms with Crippen LogP contribution in [0, 0.1) is 5.82 Å². The van der Waals surface area contributed by atoms with Crippen molar-refractivity contribution in [1.82, 2.24) is 5.32 Å². The minimum atomic E-state index is -3.13. The smallest absolute Gasteiger partial charge is 0.387 e. The fourth-order valence-corrected chi connectivity index (χ4v) is 2.00. The minimum Gasteiger partial charge on any atom is -0.432 e. The predicted molar refractivity (Wildman–Crippen MR) is 67.4 cm³/mol. The van der Waals surface area contributed by atoms with Crippen LogP contribution in [-0.2, 0) is 9.59 Å². The van der Waals surface area contributed by atoms with Crippen molar-refractivity contribution in [1.29, 1.82) is 0 Å². The zero-order chi connectivity index (χ0) is 15.4. The van der Waals surface area contributed by atoms with E-state index in [4.69, 9.17) is 0 Å². The number of halogens is 3. The van der Waals surface area contributed by atoms with Gasteiger partial charge in [0.2, 0.25) is 11.8 Å². The van der Waals surface area contributed by atoms with Gasteiger partial charge in [-0.1, -0.05) is 0 Å². The van der Waals surface area contributed by atoms with E-state index >= 15 is 0 Å². The summed E-state index contributed by atoms with van der Waals surface area (Å²) in [6.07, 6.45) is 1.46. The van der Waals surface area contributed by atoms with E-state index in [1.165, 1.54) is 6.07 Å². The van der Waals surface area contributed by atoms with Crippen molar-refractivity contribution in [3.63, 3.8) is 0 Å². The van der Waals surface area contributed by atoms with Crippen molar-refractivity contribution in [2.24, 2.45) is 0 Å².